The summed E-state index contributed by atoms with van der Waals surface area (Å²) in [6.45, 7) is 3.97. The van der Waals surface area contributed by atoms with E-state index in [0.29, 0.717) is 5.82 Å². The summed E-state index contributed by atoms with van der Waals surface area (Å²) in [6.07, 6.45) is 5.00. The van der Waals surface area contributed by atoms with Crippen molar-refractivity contribution in [3.63, 3.8) is 0 Å². The van der Waals surface area contributed by atoms with Crippen LogP contribution in [0.15, 0.2) is 30.3 Å². The molecule has 24 heavy (non-hydrogen) atoms. The molecule has 5 nitrogen and oxygen atoms in total. The molecule has 1 atom stereocenters. The quantitative estimate of drug-likeness (QED) is 0.787. The van der Waals surface area contributed by atoms with Crippen molar-refractivity contribution in [2.75, 3.05) is 13.1 Å². The Morgan fingerprint density at radius 1 is 1.08 bits per heavy atom. The van der Waals surface area contributed by atoms with E-state index in [1.807, 2.05) is 13.0 Å². The van der Waals surface area contributed by atoms with Gasteiger partial charge in [0, 0.05) is 0 Å². The highest BCUT2D eigenvalue weighted by Gasteiger charge is 2.29. The molecule has 0 radical (unpaired) electrons. The van der Waals surface area contributed by atoms with Gasteiger partial charge in [-0.15, -0.1) is 5.10 Å². The normalized spacial score (nSPS) is 17.9. The number of aromatic nitrogens is 3. The molecule has 3 aromatic rings. The average Bonchev–Trinajstić information content (AvgIpc) is 2.95. The van der Waals surface area contributed by atoms with E-state index in [4.69, 9.17) is 0 Å². The third kappa shape index (κ3) is 2.80. The first-order chi connectivity index (χ1) is 11.7. The number of hydrogen-bond acceptors (Lipinski definition) is 5. The van der Waals surface area contributed by atoms with Crippen LogP contribution >= 0.6 is 11.3 Å². The molecule has 1 aliphatic heterocycles. The van der Waals surface area contributed by atoms with Gasteiger partial charge in [-0.05, 0) is 38.4 Å². The van der Waals surface area contributed by atoms with E-state index in [0.717, 1.165) is 22.9 Å². The van der Waals surface area contributed by atoms with E-state index < -0.39 is 0 Å². The number of aromatic hydroxyl groups is 1. The molecule has 0 bridgehead atoms. The Hall–Kier alpha value is -1.92. The lowest BCUT2D eigenvalue weighted by molar-refractivity contribution is 0.233. The van der Waals surface area contributed by atoms with Crippen LogP contribution in [-0.2, 0) is 0 Å². The second-order valence-corrected chi connectivity index (χ2v) is 7.42. The van der Waals surface area contributed by atoms with Gasteiger partial charge in [-0.1, -0.05) is 54.5 Å². The van der Waals surface area contributed by atoms with Crippen molar-refractivity contribution < 1.29 is 5.11 Å². The van der Waals surface area contributed by atoms with E-state index >= 15 is 0 Å². The lowest BCUT2D eigenvalue weighted by atomic mass is 10.0. The van der Waals surface area contributed by atoms with Crippen molar-refractivity contribution in [3.8, 4) is 5.88 Å². The van der Waals surface area contributed by atoms with Crippen LogP contribution in [0.4, 0.5) is 0 Å². The van der Waals surface area contributed by atoms with Crippen LogP contribution < -0.4 is 0 Å². The highest BCUT2D eigenvalue weighted by molar-refractivity contribution is 7.17. The van der Waals surface area contributed by atoms with Gasteiger partial charge in [0.15, 0.2) is 0 Å². The zero-order valence-electron chi connectivity index (χ0n) is 13.9. The van der Waals surface area contributed by atoms with Crippen molar-refractivity contribution in [2.45, 2.75) is 38.6 Å². The third-order valence-electron chi connectivity index (χ3n) is 4.68. The minimum absolute atomic E-state index is 0.0677. The smallest absolute Gasteiger partial charge is 0.230 e. The molecule has 1 aromatic carbocycles. The largest absolute Gasteiger partial charge is 0.492 e. The molecule has 1 N–H and O–H groups in total. The number of benzene rings is 1. The molecule has 6 heteroatoms. The standard InChI is InChI=1S/C18H22N4OS/c1-13-19-18-22(20-13)17(23)16(24-18)15(14-9-5-4-6-10-14)21-11-7-2-3-8-12-21/h4-6,9-10,15,23H,2-3,7-8,11-12H2,1H3/t15-/m1/s1. The maximum Gasteiger partial charge on any atom is 0.230 e. The van der Waals surface area contributed by atoms with Gasteiger partial charge in [0.1, 0.15) is 5.82 Å². The van der Waals surface area contributed by atoms with Gasteiger partial charge in [0.05, 0.1) is 10.9 Å². The second-order valence-electron chi connectivity index (χ2n) is 6.41. The van der Waals surface area contributed by atoms with Gasteiger partial charge >= 0.3 is 0 Å². The van der Waals surface area contributed by atoms with Crippen LogP contribution in [0.2, 0.25) is 0 Å². The summed E-state index contributed by atoms with van der Waals surface area (Å²) in [5.74, 6) is 0.919. The monoisotopic (exact) mass is 342 g/mol. The summed E-state index contributed by atoms with van der Waals surface area (Å²) in [4.78, 5) is 8.63. The topological polar surface area (TPSA) is 53.7 Å². The van der Waals surface area contributed by atoms with Gasteiger partial charge in [0.25, 0.3) is 0 Å². The highest BCUT2D eigenvalue weighted by Crippen LogP contribution is 2.40. The molecule has 1 fully saturated rings. The van der Waals surface area contributed by atoms with E-state index in [9.17, 15) is 5.11 Å². The third-order valence-corrected chi connectivity index (χ3v) is 5.75. The van der Waals surface area contributed by atoms with Crippen LogP contribution in [0.5, 0.6) is 5.88 Å². The summed E-state index contributed by atoms with van der Waals surface area (Å²) >= 11 is 1.55. The van der Waals surface area contributed by atoms with Gasteiger partial charge in [0.2, 0.25) is 10.8 Å². The minimum atomic E-state index is 0.0677. The Labute approximate surface area is 145 Å². The summed E-state index contributed by atoms with van der Waals surface area (Å²) < 4.78 is 1.57. The van der Waals surface area contributed by atoms with Crippen LogP contribution in [-0.4, -0.2) is 37.7 Å². The first-order valence-electron chi connectivity index (χ1n) is 8.58. The van der Waals surface area contributed by atoms with Crippen LogP contribution in [0.1, 0.15) is 48.0 Å². The lowest BCUT2D eigenvalue weighted by Gasteiger charge is -2.30. The molecule has 0 spiro atoms. The number of nitrogens with zero attached hydrogens (tertiary/aromatic N) is 4. The maximum absolute atomic E-state index is 10.8. The molecule has 2 aromatic heterocycles. The molecule has 126 valence electrons. The number of hydrogen-bond donors (Lipinski definition) is 1. The van der Waals surface area contributed by atoms with Crippen LogP contribution in [0.25, 0.3) is 4.96 Å². The predicted octanol–water partition coefficient (Wildman–Crippen LogP) is 3.77. The molecule has 0 aliphatic carbocycles. The van der Waals surface area contributed by atoms with Gasteiger partial charge in [-0.25, -0.2) is 4.98 Å². The van der Waals surface area contributed by atoms with E-state index in [1.54, 1.807) is 15.9 Å². The van der Waals surface area contributed by atoms with E-state index in [1.165, 1.54) is 31.2 Å². The first-order valence-corrected chi connectivity index (χ1v) is 9.40. The first kappa shape index (κ1) is 15.6. The highest BCUT2D eigenvalue weighted by atomic mass is 32.1. The molecule has 0 amide bonds. The Bertz CT molecular complexity index is 818. The molecular weight excluding hydrogens is 320 g/mol. The van der Waals surface area contributed by atoms with Gasteiger partial charge in [-0.2, -0.15) is 4.52 Å². The number of rotatable bonds is 3. The zero-order chi connectivity index (χ0) is 16.5. The molecule has 4 rings (SSSR count). The Balaban J connectivity index is 1.81. The molecule has 1 saturated heterocycles. The number of aryl methyl sites for hydroxylation is 1. The van der Waals surface area contributed by atoms with E-state index in [2.05, 4.69) is 39.2 Å². The van der Waals surface area contributed by atoms with Crippen LogP contribution in [0, 0.1) is 6.92 Å². The van der Waals surface area contributed by atoms with E-state index in [-0.39, 0.29) is 11.9 Å². The SMILES string of the molecule is Cc1nc2sc([C@@H](c3ccccc3)N3CCCCCC3)c(O)n2n1. The predicted molar refractivity (Wildman–Crippen MR) is 95.6 cm³/mol. The minimum Gasteiger partial charge on any atom is -0.492 e. The number of likely N-dealkylation sites (tertiary alicyclic amines) is 1. The van der Waals surface area contributed by atoms with Crippen molar-refractivity contribution in [1.82, 2.24) is 19.5 Å². The van der Waals surface area contributed by atoms with Crippen LogP contribution in [0.3, 0.4) is 0 Å². The van der Waals surface area contributed by atoms with Gasteiger partial charge < -0.3 is 5.11 Å². The molecule has 0 saturated carbocycles. The maximum atomic E-state index is 10.8. The second kappa shape index (κ2) is 6.53. The van der Waals surface area contributed by atoms with Gasteiger partial charge in [-0.3, -0.25) is 4.90 Å². The number of fused-ring (bicyclic) bond motifs is 1. The Kier molecular flexibility index (Phi) is 4.24. The Morgan fingerprint density at radius 3 is 2.46 bits per heavy atom. The lowest BCUT2D eigenvalue weighted by Crippen LogP contribution is -2.30. The average molecular weight is 342 g/mol. The summed E-state index contributed by atoms with van der Waals surface area (Å²) in [7, 11) is 0. The zero-order valence-corrected chi connectivity index (χ0v) is 14.7. The summed E-state index contributed by atoms with van der Waals surface area (Å²) in [5.41, 5.74) is 1.22. The Morgan fingerprint density at radius 2 is 1.79 bits per heavy atom. The summed E-state index contributed by atoms with van der Waals surface area (Å²) in [6, 6.07) is 10.5. The molecule has 0 unspecified atom stereocenters. The molecule has 3 heterocycles. The fraction of sp³-hybridized carbons (Fsp3) is 0.444. The molecule has 1 aliphatic rings. The fourth-order valence-electron chi connectivity index (χ4n) is 3.54. The van der Waals surface area contributed by atoms with Crippen molar-refractivity contribution in [1.29, 1.82) is 0 Å². The van der Waals surface area contributed by atoms with Crippen molar-refractivity contribution >= 4 is 16.3 Å². The number of thiazole rings is 1. The fourth-order valence-corrected chi connectivity index (χ4v) is 4.71. The molecular formula is C18H22N4OS. The van der Waals surface area contributed by atoms with Crippen molar-refractivity contribution in [2.24, 2.45) is 0 Å². The van der Waals surface area contributed by atoms with Crippen molar-refractivity contribution in [3.05, 3.63) is 46.6 Å². The summed E-state index contributed by atoms with van der Waals surface area (Å²) in [5, 5.41) is 15.1.